The van der Waals surface area contributed by atoms with Crippen molar-refractivity contribution in [2.24, 2.45) is 0 Å². The van der Waals surface area contributed by atoms with Crippen molar-refractivity contribution in [3.63, 3.8) is 0 Å². The van der Waals surface area contributed by atoms with Crippen LogP contribution in [0, 0.1) is 0 Å². The van der Waals surface area contributed by atoms with Crippen LogP contribution in [0.4, 0.5) is 0 Å². The zero-order chi connectivity index (χ0) is 2.00. The van der Waals surface area contributed by atoms with Crippen LogP contribution in [0.25, 0.3) is 0 Å². The summed E-state index contributed by atoms with van der Waals surface area (Å²) in [6.45, 7) is 0. The molecule has 0 saturated carbocycles. The molecule has 0 aromatic heterocycles. The summed E-state index contributed by atoms with van der Waals surface area (Å²) in [5, 5.41) is 0. The first-order valence-corrected chi connectivity index (χ1v) is 1.50. The van der Waals surface area contributed by atoms with Crippen molar-refractivity contribution in [3.8, 4) is 0 Å². The molecular weight excluding hydrogens is 191 g/mol. The monoisotopic (exact) mass is 194 g/mol. The van der Waals surface area contributed by atoms with E-state index >= 15 is 0 Å². The molecule has 0 heterocycles. The van der Waals surface area contributed by atoms with Crippen LogP contribution >= 0.6 is 0 Å². The standard InChI is InChI=1S/2Al.GeH2O.3O/c;;1-2;;;/h;;1H2;;;/q2*+3;;3*-2. The minimum atomic E-state index is 0. The van der Waals surface area contributed by atoms with E-state index in [0.29, 0.717) is 0 Å². The summed E-state index contributed by atoms with van der Waals surface area (Å²) in [7, 11) is 0. The Morgan fingerprint density at radius 2 is 0.714 bits per heavy atom. The van der Waals surface area contributed by atoms with Gasteiger partial charge in [0.15, 0.2) is 0 Å². The van der Waals surface area contributed by atoms with E-state index in [0.717, 1.165) is 0 Å². The number of hydrogen-bond acceptors (Lipinski definition) is 1. The Kier molecular flexibility index (Phi) is 2090. The van der Waals surface area contributed by atoms with Crippen molar-refractivity contribution >= 4 is 51.2 Å². The third-order valence-corrected chi connectivity index (χ3v) is 0. The third-order valence-electron chi connectivity index (χ3n) is 0. The molecule has 0 fully saturated rings. The van der Waals surface area contributed by atoms with Crippen LogP contribution < -0.4 is 0 Å². The molecule has 0 radical (unpaired) electrons. The van der Waals surface area contributed by atoms with Crippen LogP contribution in [0.5, 0.6) is 0 Å². The van der Waals surface area contributed by atoms with Gasteiger partial charge in [-0.05, 0) is 0 Å². The fourth-order valence-corrected chi connectivity index (χ4v) is 0. The second-order valence-electron chi connectivity index (χ2n) is 0. The van der Waals surface area contributed by atoms with Gasteiger partial charge in [-0.1, -0.05) is 0 Å². The zero-order valence-corrected chi connectivity index (χ0v) is 8.77. The van der Waals surface area contributed by atoms with E-state index in [1.54, 1.807) is 0 Å². The second-order valence-corrected chi connectivity index (χ2v) is 0. The molecule has 0 spiro atoms. The summed E-state index contributed by atoms with van der Waals surface area (Å²) < 4.78 is 8.38. The van der Waals surface area contributed by atoms with Crippen molar-refractivity contribution in [1.29, 1.82) is 0 Å². The van der Waals surface area contributed by atoms with Crippen molar-refractivity contribution in [2.75, 3.05) is 0 Å². The van der Waals surface area contributed by atoms with E-state index in [1.165, 1.54) is 0 Å². The van der Waals surface area contributed by atoms with E-state index in [4.69, 9.17) is 3.78 Å². The van der Waals surface area contributed by atoms with Gasteiger partial charge in [0.2, 0.25) is 0 Å². The van der Waals surface area contributed by atoms with Gasteiger partial charge in [-0.2, -0.15) is 0 Å². The molecule has 0 N–H and O–H groups in total. The summed E-state index contributed by atoms with van der Waals surface area (Å²) in [6.07, 6.45) is 0. The Balaban J connectivity index is -0.000000000500. The van der Waals surface area contributed by atoms with Crippen molar-refractivity contribution in [3.05, 3.63) is 0 Å². The molecule has 7 heavy (non-hydrogen) atoms. The van der Waals surface area contributed by atoms with E-state index < -0.39 is 0 Å². The molecule has 0 saturated heterocycles. The summed E-state index contributed by atoms with van der Waals surface area (Å²) in [4.78, 5) is 0. The van der Waals surface area contributed by atoms with Crippen molar-refractivity contribution in [1.82, 2.24) is 0 Å². The maximum absolute atomic E-state index is 8.38. The summed E-state index contributed by atoms with van der Waals surface area (Å²) in [5.41, 5.74) is 0. The summed E-state index contributed by atoms with van der Waals surface area (Å²) >= 11 is 0.125. The van der Waals surface area contributed by atoms with Crippen molar-refractivity contribution in [2.45, 2.75) is 0 Å². The van der Waals surface area contributed by atoms with Gasteiger partial charge in [-0.15, -0.1) is 0 Å². The quantitative estimate of drug-likeness (QED) is 0.401. The first-order chi connectivity index (χ1) is 1.00. The molecule has 0 aromatic carbocycles. The predicted octanol–water partition coefficient (Wildman–Crippen LogP) is -2.15. The Labute approximate surface area is 71.3 Å². The molecule has 0 aliphatic carbocycles. The van der Waals surface area contributed by atoms with Gasteiger partial charge >= 0.3 is 55.0 Å². The fraction of sp³-hybridized carbons (Fsp3) is 0. The molecule has 0 atom stereocenters. The summed E-state index contributed by atoms with van der Waals surface area (Å²) in [5.74, 6) is 0. The van der Waals surface area contributed by atoms with Crippen LogP contribution in [0.15, 0.2) is 0 Å². The molecule has 0 aliphatic rings. The van der Waals surface area contributed by atoms with Gasteiger partial charge in [0, 0.05) is 0 Å². The Hall–Kier alpha value is 1.29. The number of hydrogen-bond donors (Lipinski definition) is 0. The average molecular weight is 193 g/mol. The van der Waals surface area contributed by atoms with Crippen LogP contribution in [0.2, 0.25) is 0 Å². The van der Waals surface area contributed by atoms with Crippen LogP contribution in [0.1, 0.15) is 0 Å². The van der Waals surface area contributed by atoms with E-state index in [-0.39, 0.29) is 67.6 Å². The topological polar surface area (TPSA) is 103 Å². The molecule has 0 aromatic rings. The van der Waals surface area contributed by atoms with Gasteiger partial charge in [0.05, 0.1) is 0 Å². The first-order valence-electron chi connectivity index (χ1n) is 0.289. The molecule has 0 aliphatic heterocycles. The average Bonchev–Trinajstić information content (AvgIpc) is 1.00. The van der Waals surface area contributed by atoms with Crippen LogP contribution in [-0.2, 0) is 20.2 Å². The van der Waals surface area contributed by atoms with Gasteiger partial charge in [-0.3, -0.25) is 0 Å². The summed E-state index contributed by atoms with van der Waals surface area (Å²) in [6, 6.07) is 0. The molecule has 0 rings (SSSR count). The van der Waals surface area contributed by atoms with Gasteiger partial charge in [-0.25, -0.2) is 0 Å². The predicted molar refractivity (Wildman–Crippen MR) is 22.8 cm³/mol. The zero-order valence-electron chi connectivity index (χ0n) is 3.49. The van der Waals surface area contributed by atoms with E-state index in [9.17, 15) is 0 Å². The minimum absolute atomic E-state index is 0. The SMILES string of the molecule is [Al+3].[Al+3].[O-2].[O-2].[O-2].[O]=[GeH2]. The van der Waals surface area contributed by atoms with Crippen LogP contribution in [-0.4, -0.2) is 51.2 Å². The molecule has 0 amide bonds. The molecule has 4 nitrogen and oxygen atoms in total. The van der Waals surface area contributed by atoms with Gasteiger partial charge < -0.3 is 16.4 Å². The first kappa shape index (κ1) is 84.1. The van der Waals surface area contributed by atoms with Crippen LogP contribution in [0.3, 0.4) is 0 Å². The van der Waals surface area contributed by atoms with E-state index in [1.807, 2.05) is 0 Å². The molecule has 0 bridgehead atoms. The normalized spacial score (nSPS) is 0.571. The van der Waals surface area contributed by atoms with E-state index in [2.05, 4.69) is 0 Å². The molecular formula is H2Al2GeO4. The Morgan fingerprint density at radius 3 is 0.714 bits per heavy atom. The Morgan fingerprint density at radius 1 is 0.714 bits per heavy atom. The maximum atomic E-state index is 8.38. The van der Waals surface area contributed by atoms with Gasteiger partial charge in [0.1, 0.15) is 0 Å². The second kappa shape index (κ2) is 174. The molecule has 36 valence electrons. The number of rotatable bonds is 0. The van der Waals surface area contributed by atoms with Crippen molar-refractivity contribution < 1.29 is 20.2 Å². The third kappa shape index (κ3) is 123. The molecule has 0 unspecified atom stereocenters. The fourth-order valence-electron chi connectivity index (χ4n) is 0. The molecule has 7 heteroatoms. The Bertz CT molecular complexity index is 9.65. The van der Waals surface area contributed by atoms with Gasteiger partial charge in [0.25, 0.3) is 0 Å².